The first-order valence-electron chi connectivity index (χ1n) is 5.35. The van der Waals surface area contributed by atoms with Crippen molar-refractivity contribution in [1.29, 1.82) is 0 Å². The summed E-state index contributed by atoms with van der Waals surface area (Å²) in [6.45, 7) is 6.70. The predicted molar refractivity (Wildman–Crippen MR) is 61.4 cm³/mol. The van der Waals surface area contributed by atoms with Crippen molar-refractivity contribution in [1.82, 2.24) is 0 Å². The van der Waals surface area contributed by atoms with Crippen LogP contribution in [0.3, 0.4) is 0 Å². The third-order valence-electron chi connectivity index (χ3n) is 2.24. The van der Waals surface area contributed by atoms with Gasteiger partial charge in [-0.2, -0.15) is 0 Å². The number of rotatable bonds is 6. The third kappa shape index (κ3) is 6.56. The van der Waals surface area contributed by atoms with Gasteiger partial charge in [-0.1, -0.05) is 39.3 Å². The molecule has 0 rings (SSSR count). The van der Waals surface area contributed by atoms with Crippen molar-refractivity contribution >= 4 is 6.21 Å². The van der Waals surface area contributed by atoms with Gasteiger partial charge in [0.05, 0.1) is 0 Å². The minimum atomic E-state index is 0.532. The molecule has 0 radical (unpaired) electrons. The maximum absolute atomic E-state index is 4.05. The summed E-state index contributed by atoms with van der Waals surface area (Å²) < 4.78 is 0. The average Bonchev–Trinajstić information content (AvgIpc) is 2.12. The number of hydrogen-bond acceptors (Lipinski definition) is 1. The SMILES string of the molecule is CCCC(C)/C=C\C(/C=N\C)CC. The number of hydrogen-bond donors (Lipinski definition) is 0. The second kappa shape index (κ2) is 8.03. The van der Waals surface area contributed by atoms with Crippen molar-refractivity contribution in [3.63, 3.8) is 0 Å². The van der Waals surface area contributed by atoms with Crippen LogP contribution in [-0.4, -0.2) is 13.3 Å². The number of allylic oxidation sites excluding steroid dienone is 2. The molecular weight excluding hydrogens is 158 g/mol. The van der Waals surface area contributed by atoms with Gasteiger partial charge in [0.2, 0.25) is 0 Å². The third-order valence-corrected chi connectivity index (χ3v) is 2.24. The summed E-state index contributed by atoms with van der Waals surface area (Å²) in [6.07, 6.45) is 10.3. The van der Waals surface area contributed by atoms with E-state index in [1.165, 1.54) is 12.8 Å². The first-order chi connectivity index (χ1) is 6.24. The Bertz CT molecular complexity index is 159. The molecule has 0 saturated carbocycles. The lowest BCUT2D eigenvalue weighted by Crippen LogP contribution is -1.97. The fraction of sp³-hybridized carbons (Fsp3) is 0.750. The fourth-order valence-corrected chi connectivity index (χ4v) is 1.37. The van der Waals surface area contributed by atoms with Crippen molar-refractivity contribution in [2.24, 2.45) is 16.8 Å². The molecule has 0 aliphatic heterocycles. The Balaban J connectivity index is 3.90. The lowest BCUT2D eigenvalue weighted by atomic mass is 10.0. The molecule has 0 fully saturated rings. The van der Waals surface area contributed by atoms with Gasteiger partial charge in [0.15, 0.2) is 0 Å². The number of nitrogens with zero attached hydrogens (tertiary/aromatic N) is 1. The van der Waals surface area contributed by atoms with E-state index < -0.39 is 0 Å². The highest BCUT2D eigenvalue weighted by atomic mass is 14.6. The quantitative estimate of drug-likeness (QED) is 0.437. The largest absolute Gasteiger partial charge is 0.300 e. The Kier molecular flexibility index (Phi) is 7.66. The zero-order valence-corrected chi connectivity index (χ0v) is 9.46. The Morgan fingerprint density at radius 1 is 1.23 bits per heavy atom. The molecule has 2 unspecified atom stereocenters. The van der Waals surface area contributed by atoms with Gasteiger partial charge in [0.25, 0.3) is 0 Å². The van der Waals surface area contributed by atoms with Crippen LogP contribution >= 0.6 is 0 Å². The van der Waals surface area contributed by atoms with Crippen LogP contribution in [0.2, 0.25) is 0 Å². The molecule has 13 heavy (non-hydrogen) atoms. The minimum absolute atomic E-state index is 0.532. The zero-order valence-electron chi connectivity index (χ0n) is 9.46. The molecule has 0 spiro atoms. The summed E-state index contributed by atoms with van der Waals surface area (Å²) in [5.41, 5.74) is 0. The van der Waals surface area contributed by atoms with Gasteiger partial charge in [-0.25, -0.2) is 0 Å². The highest BCUT2D eigenvalue weighted by Crippen LogP contribution is 2.09. The van der Waals surface area contributed by atoms with Crippen LogP contribution in [0.4, 0.5) is 0 Å². The van der Waals surface area contributed by atoms with E-state index in [-0.39, 0.29) is 0 Å². The van der Waals surface area contributed by atoms with Crippen molar-refractivity contribution in [3.8, 4) is 0 Å². The van der Waals surface area contributed by atoms with Gasteiger partial charge in [0.1, 0.15) is 0 Å². The molecule has 0 saturated heterocycles. The fourth-order valence-electron chi connectivity index (χ4n) is 1.37. The van der Waals surface area contributed by atoms with E-state index in [9.17, 15) is 0 Å². The van der Waals surface area contributed by atoms with Gasteiger partial charge in [0, 0.05) is 19.2 Å². The monoisotopic (exact) mass is 181 g/mol. The van der Waals surface area contributed by atoms with Crippen LogP contribution in [-0.2, 0) is 0 Å². The lowest BCUT2D eigenvalue weighted by molar-refractivity contribution is 0.629. The topological polar surface area (TPSA) is 12.4 Å². The lowest BCUT2D eigenvalue weighted by Gasteiger charge is -2.05. The van der Waals surface area contributed by atoms with E-state index in [1.54, 1.807) is 0 Å². The molecule has 1 nitrogen and oxygen atoms in total. The van der Waals surface area contributed by atoms with Crippen LogP contribution < -0.4 is 0 Å². The molecule has 0 amide bonds. The molecule has 0 aliphatic carbocycles. The second-order valence-electron chi connectivity index (χ2n) is 3.63. The predicted octanol–water partition coefficient (Wildman–Crippen LogP) is 3.71. The van der Waals surface area contributed by atoms with Crippen LogP contribution in [0.15, 0.2) is 17.1 Å². The van der Waals surface area contributed by atoms with E-state index in [2.05, 4.69) is 37.9 Å². The highest BCUT2D eigenvalue weighted by molar-refractivity contribution is 5.62. The van der Waals surface area contributed by atoms with Gasteiger partial charge >= 0.3 is 0 Å². The first-order valence-corrected chi connectivity index (χ1v) is 5.35. The molecular formula is C12H23N. The Labute approximate surface area is 83.0 Å². The molecule has 2 atom stereocenters. The Morgan fingerprint density at radius 3 is 2.38 bits per heavy atom. The summed E-state index contributed by atoms with van der Waals surface area (Å²) in [5, 5.41) is 0. The summed E-state index contributed by atoms with van der Waals surface area (Å²) in [6, 6.07) is 0. The van der Waals surface area contributed by atoms with Crippen LogP contribution in [0.1, 0.15) is 40.0 Å². The van der Waals surface area contributed by atoms with Crippen molar-refractivity contribution < 1.29 is 0 Å². The molecule has 0 aromatic heterocycles. The summed E-state index contributed by atoms with van der Waals surface area (Å²) in [5.74, 6) is 1.24. The van der Waals surface area contributed by atoms with Gasteiger partial charge < -0.3 is 4.99 Å². The van der Waals surface area contributed by atoms with E-state index >= 15 is 0 Å². The molecule has 1 heteroatoms. The summed E-state index contributed by atoms with van der Waals surface area (Å²) in [4.78, 5) is 4.05. The normalized spacial score (nSPS) is 16.9. The van der Waals surface area contributed by atoms with Crippen LogP contribution in [0.5, 0.6) is 0 Å². The van der Waals surface area contributed by atoms with Crippen molar-refractivity contribution in [3.05, 3.63) is 12.2 Å². The average molecular weight is 181 g/mol. The Morgan fingerprint density at radius 2 is 1.92 bits per heavy atom. The molecule has 76 valence electrons. The molecule has 0 aromatic carbocycles. The minimum Gasteiger partial charge on any atom is -0.300 e. The number of aliphatic imine (C=N–C) groups is 1. The standard InChI is InChI=1S/C12H23N/c1-5-7-11(3)8-9-12(6-2)10-13-4/h8-12H,5-7H2,1-4H3/b9-8-,13-10-. The van der Waals surface area contributed by atoms with Crippen LogP contribution in [0, 0.1) is 11.8 Å². The zero-order chi connectivity index (χ0) is 10.1. The molecule has 0 aromatic rings. The van der Waals surface area contributed by atoms with Gasteiger partial charge in [-0.3, -0.25) is 0 Å². The maximum atomic E-state index is 4.05. The smallest absolute Gasteiger partial charge is 0.0273 e. The van der Waals surface area contributed by atoms with Crippen molar-refractivity contribution in [2.75, 3.05) is 7.05 Å². The summed E-state index contributed by atoms with van der Waals surface area (Å²) in [7, 11) is 1.84. The molecule has 0 heterocycles. The molecule has 0 N–H and O–H groups in total. The van der Waals surface area contributed by atoms with E-state index in [4.69, 9.17) is 0 Å². The summed E-state index contributed by atoms with van der Waals surface area (Å²) >= 11 is 0. The first kappa shape index (κ1) is 12.4. The molecule has 0 aliphatic rings. The second-order valence-corrected chi connectivity index (χ2v) is 3.63. The van der Waals surface area contributed by atoms with E-state index in [0.717, 1.165) is 6.42 Å². The van der Waals surface area contributed by atoms with Gasteiger partial charge in [-0.15, -0.1) is 0 Å². The Hall–Kier alpha value is -0.590. The van der Waals surface area contributed by atoms with Gasteiger partial charge in [-0.05, 0) is 18.8 Å². The van der Waals surface area contributed by atoms with Crippen molar-refractivity contribution in [2.45, 2.75) is 40.0 Å². The maximum Gasteiger partial charge on any atom is 0.0273 e. The highest BCUT2D eigenvalue weighted by Gasteiger charge is 1.98. The van der Waals surface area contributed by atoms with E-state index in [1.807, 2.05) is 13.3 Å². The van der Waals surface area contributed by atoms with E-state index in [0.29, 0.717) is 11.8 Å². The molecule has 0 bridgehead atoms. The van der Waals surface area contributed by atoms with Crippen LogP contribution in [0.25, 0.3) is 0 Å².